The van der Waals surface area contributed by atoms with E-state index in [1.807, 2.05) is 4.57 Å². The number of nitrogens with zero attached hydrogens (tertiary/aromatic N) is 3. The maximum absolute atomic E-state index is 12.6. The van der Waals surface area contributed by atoms with Crippen LogP contribution in [-0.2, 0) is 31.2 Å². The number of carbonyl (C=O) groups is 1. The molecule has 1 saturated heterocycles. The number of nitrogens with two attached hydrogens (primary N) is 1. The van der Waals surface area contributed by atoms with E-state index in [1.165, 1.54) is 28.8 Å². The second kappa shape index (κ2) is 8.85. The molecule has 0 radical (unpaired) electrons. The number of carbonyl (C=O) groups excluding carboxylic acids is 1. The molecule has 30 heavy (non-hydrogen) atoms. The maximum atomic E-state index is 12.6. The molecule has 2 N–H and O–H groups in total. The molecule has 1 aliphatic rings. The second-order valence-electron chi connectivity index (χ2n) is 7.45. The predicted octanol–water partition coefficient (Wildman–Crippen LogP) is 1.22. The number of imidazole rings is 1. The topological polar surface area (TPSA) is 132 Å². The van der Waals surface area contributed by atoms with E-state index >= 15 is 0 Å². The van der Waals surface area contributed by atoms with Crippen LogP contribution in [0.25, 0.3) is 11.0 Å². The summed E-state index contributed by atoms with van der Waals surface area (Å²) in [6.45, 7) is 2.76. The number of hydrogen-bond donors (Lipinski definition) is 1. The van der Waals surface area contributed by atoms with Crippen molar-refractivity contribution in [3.05, 3.63) is 18.2 Å². The van der Waals surface area contributed by atoms with E-state index in [9.17, 15) is 21.6 Å². The van der Waals surface area contributed by atoms with Gasteiger partial charge in [-0.1, -0.05) is 25.1 Å². The van der Waals surface area contributed by atoms with Crippen LogP contribution in [0.1, 0.15) is 26.2 Å². The molecule has 1 amide bonds. The Labute approximate surface area is 181 Å². The second-order valence-corrected chi connectivity index (χ2v) is 12.2. The Morgan fingerprint density at radius 1 is 1.40 bits per heavy atom. The molecule has 1 aromatic carbocycles. The third-order valence-corrected chi connectivity index (χ3v) is 8.85. The molecule has 0 unspecified atom stereocenters. The lowest BCUT2D eigenvalue weighted by molar-refractivity contribution is -0.128. The van der Waals surface area contributed by atoms with Crippen molar-refractivity contribution in [3.63, 3.8) is 0 Å². The number of hydrogen-bond acceptors (Lipinski definition) is 7. The first-order chi connectivity index (χ1) is 14.0. The van der Waals surface area contributed by atoms with Crippen LogP contribution < -0.4 is 5.14 Å². The highest BCUT2D eigenvalue weighted by Gasteiger charge is 2.32. The van der Waals surface area contributed by atoms with Crippen LogP contribution >= 0.6 is 11.8 Å². The van der Waals surface area contributed by atoms with Crippen LogP contribution in [0.3, 0.4) is 0 Å². The quantitative estimate of drug-likeness (QED) is 0.569. The molecular formula is C18H26N4O5S3. The summed E-state index contributed by atoms with van der Waals surface area (Å²) in [5, 5.41) is 5.84. The number of primary sulfonamides is 1. The molecule has 0 aliphatic carbocycles. The van der Waals surface area contributed by atoms with Crippen molar-refractivity contribution in [2.24, 2.45) is 5.14 Å². The summed E-state index contributed by atoms with van der Waals surface area (Å²) in [6.07, 6.45) is 2.33. The highest BCUT2D eigenvalue weighted by molar-refractivity contribution is 7.99. The van der Waals surface area contributed by atoms with Crippen LogP contribution in [0.2, 0.25) is 0 Å². The summed E-state index contributed by atoms with van der Waals surface area (Å²) in [7, 11) is -5.27. The van der Waals surface area contributed by atoms with E-state index in [1.54, 1.807) is 13.1 Å². The molecule has 2 heterocycles. The van der Waals surface area contributed by atoms with Gasteiger partial charge in [0.15, 0.2) is 15.0 Å². The summed E-state index contributed by atoms with van der Waals surface area (Å²) in [4.78, 5) is 18.6. The van der Waals surface area contributed by atoms with E-state index in [-0.39, 0.29) is 34.1 Å². The number of aromatic nitrogens is 2. The number of sulfone groups is 1. The summed E-state index contributed by atoms with van der Waals surface area (Å²) in [5.41, 5.74) is 1.28. The van der Waals surface area contributed by atoms with Gasteiger partial charge in [0.25, 0.3) is 0 Å². The zero-order chi connectivity index (χ0) is 22.1. The first-order valence-electron chi connectivity index (χ1n) is 9.64. The van der Waals surface area contributed by atoms with Gasteiger partial charge in [-0.2, -0.15) is 0 Å². The fourth-order valence-corrected chi connectivity index (χ4v) is 6.69. The number of thioether (sulfide) groups is 1. The predicted molar refractivity (Wildman–Crippen MR) is 117 cm³/mol. The lowest BCUT2D eigenvalue weighted by Gasteiger charge is -2.23. The summed E-state index contributed by atoms with van der Waals surface area (Å²) in [5.74, 6) is 0.0682. The van der Waals surface area contributed by atoms with E-state index in [4.69, 9.17) is 5.14 Å². The average molecular weight is 475 g/mol. The minimum Gasteiger partial charge on any atom is -0.341 e. The number of amides is 1. The van der Waals surface area contributed by atoms with Crippen molar-refractivity contribution in [2.75, 3.05) is 24.3 Å². The molecule has 1 aromatic heterocycles. The number of rotatable bonds is 8. The van der Waals surface area contributed by atoms with Gasteiger partial charge in [0.05, 0.1) is 33.2 Å². The van der Waals surface area contributed by atoms with E-state index < -0.39 is 19.9 Å². The van der Waals surface area contributed by atoms with Crippen LogP contribution in [0.15, 0.2) is 28.3 Å². The van der Waals surface area contributed by atoms with Crippen molar-refractivity contribution < 1.29 is 21.6 Å². The van der Waals surface area contributed by atoms with Gasteiger partial charge < -0.3 is 9.47 Å². The number of aryl methyl sites for hydroxylation is 1. The zero-order valence-corrected chi connectivity index (χ0v) is 19.4. The molecule has 0 spiro atoms. The first-order valence-corrected chi connectivity index (χ1v) is 14.0. The Morgan fingerprint density at radius 2 is 2.13 bits per heavy atom. The van der Waals surface area contributed by atoms with Crippen molar-refractivity contribution in [3.8, 4) is 0 Å². The third kappa shape index (κ3) is 5.16. The zero-order valence-electron chi connectivity index (χ0n) is 16.9. The normalized spacial score (nSPS) is 18.7. The highest BCUT2D eigenvalue weighted by atomic mass is 32.2. The number of unbranched alkanes of at least 4 members (excludes halogenated alkanes) is 1. The SMILES string of the molecule is CCCCn1c(SCC(=O)N(C)[C@H]2CCS(=O)(=O)C2)nc2cc(S(N)(=O)=O)ccc21. The largest absolute Gasteiger partial charge is 0.341 e. The molecule has 2 aromatic rings. The van der Waals surface area contributed by atoms with Gasteiger partial charge >= 0.3 is 0 Å². The fraction of sp³-hybridized carbons (Fsp3) is 0.556. The number of fused-ring (bicyclic) bond motifs is 1. The molecular weight excluding hydrogens is 448 g/mol. The van der Waals surface area contributed by atoms with Gasteiger partial charge in [-0.05, 0) is 31.0 Å². The lowest BCUT2D eigenvalue weighted by Crippen LogP contribution is -2.38. The minimum atomic E-state index is -3.84. The molecule has 1 fully saturated rings. The molecule has 0 bridgehead atoms. The van der Waals surface area contributed by atoms with Gasteiger partial charge in [-0.3, -0.25) is 4.79 Å². The van der Waals surface area contributed by atoms with Crippen LogP contribution in [0.4, 0.5) is 0 Å². The first kappa shape index (κ1) is 23.0. The Morgan fingerprint density at radius 3 is 2.73 bits per heavy atom. The van der Waals surface area contributed by atoms with Gasteiger partial charge in [-0.15, -0.1) is 0 Å². The summed E-state index contributed by atoms with van der Waals surface area (Å²) < 4.78 is 48.6. The minimum absolute atomic E-state index is 0.00522. The average Bonchev–Trinajstić information content (AvgIpc) is 3.21. The van der Waals surface area contributed by atoms with Gasteiger partial charge in [0.1, 0.15) is 0 Å². The third-order valence-electron chi connectivity index (χ3n) is 5.22. The van der Waals surface area contributed by atoms with Gasteiger partial charge in [0, 0.05) is 19.6 Å². The van der Waals surface area contributed by atoms with Crippen LogP contribution in [-0.4, -0.2) is 67.5 Å². The molecule has 1 atom stereocenters. The monoisotopic (exact) mass is 474 g/mol. The molecule has 1 aliphatic heterocycles. The van der Waals surface area contributed by atoms with E-state index in [0.717, 1.165) is 18.4 Å². The van der Waals surface area contributed by atoms with Crippen LogP contribution in [0.5, 0.6) is 0 Å². The van der Waals surface area contributed by atoms with Crippen molar-refractivity contribution in [2.45, 2.75) is 48.8 Å². The standard InChI is InChI=1S/C18H26N4O5S3/c1-3-4-8-22-16-6-5-14(30(19,26)27)10-15(16)20-18(22)28-11-17(23)21(2)13-7-9-29(24,25)12-13/h5-6,10,13H,3-4,7-9,11-12H2,1-2H3,(H2,19,26,27)/t13-/m0/s1. The fourth-order valence-electron chi connectivity index (χ4n) is 3.42. The Balaban J connectivity index is 1.80. The Hall–Kier alpha value is -1.63. The molecule has 9 nitrogen and oxygen atoms in total. The van der Waals surface area contributed by atoms with Gasteiger partial charge in [0.2, 0.25) is 15.9 Å². The smallest absolute Gasteiger partial charge is 0.238 e. The molecule has 166 valence electrons. The maximum Gasteiger partial charge on any atom is 0.238 e. The lowest BCUT2D eigenvalue weighted by atomic mass is 10.2. The van der Waals surface area contributed by atoms with Crippen molar-refractivity contribution >= 4 is 48.6 Å². The van der Waals surface area contributed by atoms with E-state index in [2.05, 4.69) is 11.9 Å². The summed E-state index contributed by atoms with van der Waals surface area (Å²) in [6, 6.07) is 4.28. The summed E-state index contributed by atoms with van der Waals surface area (Å²) >= 11 is 1.26. The van der Waals surface area contributed by atoms with Gasteiger partial charge in [-0.25, -0.2) is 27.0 Å². The van der Waals surface area contributed by atoms with E-state index in [0.29, 0.717) is 23.6 Å². The number of sulfonamides is 1. The molecule has 12 heteroatoms. The molecule has 3 rings (SSSR count). The Bertz CT molecular complexity index is 1160. The Kier molecular flexibility index (Phi) is 6.80. The molecule has 0 saturated carbocycles. The van der Waals surface area contributed by atoms with Crippen molar-refractivity contribution in [1.82, 2.24) is 14.5 Å². The number of benzene rings is 1. The van der Waals surface area contributed by atoms with Crippen molar-refractivity contribution in [1.29, 1.82) is 0 Å². The van der Waals surface area contributed by atoms with Crippen LogP contribution in [0, 0.1) is 0 Å². The highest BCUT2D eigenvalue weighted by Crippen LogP contribution is 2.27.